The van der Waals surface area contributed by atoms with Crippen LogP contribution in [0, 0.1) is 0 Å². The highest BCUT2D eigenvalue weighted by Gasteiger charge is 2.42. The summed E-state index contributed by atoms with van der Waals surface area (Å²) in [6.45, 7) is 6.34. The van der Waals surface area contributed by atoms with Crippen molar-refractivity contribution in [1.82, 2.24) is 9.80 Å². The highest BCUT2D eigenvalue weighted by atomic mass is 16.5. The monoisotopic (exact) mass is 464 g/mol. The Hall–Kier alpha value is -3.32. The fraction of sp³-hybridized carbons (Fsp3) is 0.407. The zero-order chi connectivity index (χ0) is 24.2. The highest BCUT2D eigenvalue weighted by Crippen LogP contribution is 2.41. The molecule has 2 aromatic carbocycles. The molecule has 7 heteroatoms. The summed E-state index contributed by atoms with van der Waals surface area (Å²) in [5.74, 6) is 1.13. The minimum Gasteiger partial charge on any atom is -0.490 e. The van der Waals surface area contributed by atoms with Crippen molar-refractivity contribution in [2.24, 2.45) is 0 Å². The number of amides is 1. The van der Waals surface area contributed by atoms with E-state index in [9.17, 15) is 9.59 Å². The Morgan fingerprint density at radius 3 is 2.56 bits per heavy atom. The fourth-order valence-corrected chi connectivity index (χ4v) is 4.40. The Morgan fingerprint density at radius 1 is 1.03 bits per heavy atom. The zero-order valence-electron chi connectivity index (χ0n) is 20.3. The molecule has 0 fully saturated rings. The van der Waals surface area contributed by atoms with Crippen molar-refractivity contribution >= 4 is 16.9 Å². The Kier molecular flexibility index (Phi) is 7.22. The third-order valence-electron chi connectivity index (χ3n) is 5.92. The zero-order valence-corrected chi connectivity index (χ0v) is 20.3. The summed E-state index contributed by atoms with van der Waals surface area (Å²) in [6.07, 6.45) is 1.65. The Labute approximate surface area is 199 Å². The molecule has 0 saturated carbocycles. The van der Waals surface area contributed by atoms with Crippen molar-refractivity contribution in [1.29, 1.82) is 0 Å². The molecule has 34 heavy (non-hydrogen) atoms. The van der Waals surface area contributed by atoms with Crippen LogP contribution in [0.2, 0.25) is 0 Å². The van der Waals surface area contributed by atoms with Gasteiger partial charge in [-0.15, -0.1) is 0 Å². The van der Waals surface area contributed by atoms with Gasteiger partial charge in [0.25, 0.3) is 5.91 Å². The summed E-state index contributed by atoms with van der Waals surface area (Å²) in [6, 6.07) is 12.2. The van der Waals surface area contributed by atoms with Gasteiger partial charge in [0.1, 0.15) is 5.58 Å². The average Bonchev–Trinajstić information content (AvgIpc) is 3.10. The Morgan fingerprint density at radius 2 is 1.82 bits per heavy atom. The average molecular weight is 465 g/mol. The molecule has 0 radical (unpaired) electrons. The molecule has 1 atom stereocenters. The number of nitrogens with zero attached hydrogens (tertiary/aromatic N) is 2. The lowest BCUT2D eigenvalue weighted by molar-refractivity contribution is 0.0722. The molecule has 1 aliphatic rings. The van der Waals surface area contributed by atoms with E-state index >= 15 is 0 Å². The van der Waals surface area contributed by atoms with Crippen LogP contribution in [0.25, 0.3) is 11.0 Å². The Balaban J connectivity index is 1.84. The van der Waals surface area contributed by atoms with Gasteiger partial charge in [-0.25, -0.2) is 0 Å². The Bertz CT molecular complexity index is 1230. The molecule has 0 aliphatic carbocycles. The molecule has 2 heterocycles. The topological polar surface area (TPSA) is 72.2 Å². The van der Waals surface area contributed by atoms with Crippen molar-refractivity contribution in [2.45, 2.75) is 32.7 Å². The smallest absolute Gasteiger partial charge is 0.290 e. The van der Waals surface area contributed by atoms with Crippen LogP contribution in [0.5, 0.6) is 11.5 Å². The quantitative estimate of drug-likeness (QED) is 0.441. The molecule has 0 spiro atoms. The van der Waals surface area contributed by atoms with Gasteiger partial charge >= 0.3 is 0 Å². The van der Waals surface area contributed by atoms with Gasteiger partial charge in [-0.2, -0.15) is 0 Å². The minimum absolute atomic E-state index is 0.128. The molecule has 0 saturated heterocycles. The van der Waals surface area contributed by atoms with Crippen LogP contribution in [-0.2, 0) is 0 Å². The molecule has 1 amide bonds. The number of fused-ring (bicyclic) bond motifs is 2. The maximum atomic E-state index is 13.6. The number of rotatable bonds is 10. The number of hydrogen-bond acceptors (Lipinski definition) is 6. The highest BCUT2D eigenvalue weighted by molar-refractivity contribution is 5.99. The van der Waals surface area contributed by atoms with Crippen LogP contribution in [0.4, 0.5) is 0 Å². The molecule has 3 aromatic rings. The van der Waals surface area contributed by atoms with Crippen LogP contribution in [0.1, 0.15) is 54.4 Å². The first-order valence-electron chi connectivity index (χ1n) is 11.9. The molecular weight excluding hydrogens is 432 g/mol. The number of carbonyl (C=O) groups excluding carboxylic acids is 1. The first-order chi connectivity index (χ1) is 16.5. The molecule has 7 nitrogen and oxygen atoms in total. The van der Waals surface area contributed by atoms with E-state index < -0.39 is 6.04 Å². The lowest BCUT2D eigenvalue weighted by Crippen LogP contribution is -2.32. The lowest BCUT2D eigenvalue weighted by Gasteiger charge is -2.26. The second-order valence-corrected chi connectivity index (χ2v) is 8.72. The second kappa shape index (κ2) is 10.3. The van der Waals surface area contributed by atoms with Crippen molar-refractivity contribution < 1.29 is 18.7 Å². The van der Waals surface area contributed by atoms with Crippen molar-refractivity contribution in [3.8, 4) is 11.5 Å². The number of ether oxygens (including phenoxy) is 2. The third-order valence-corrected chi connectivity index (χ3v) is 5.92. The van der Waals surface area contributed by atoms with E-state index in [1.807, 2.05) is 46.1 Å². The van der Waals surface area contributed by atoms with Crippen molar-refractivity contribution in [3.05, 3.63) is 69.6 Å². The standard InChI is InChI=1S/C27H32N2O5/c1-5-16-33-21-13-12-18(17-22(21)32-6-2)24-23-25(30)19-10-7-8-11-20(19)34-26(23)27(31)29(24)15-9-14-28(3)4/h7-8,10-13,17,24H,5-6,9,14-16H2,1-4H3/t24-/m0/s1. The van der Waals surface area contributed by atoms with Crippen LogP contribution in [-0.4, -0.2) is 56.1 Å². The van der Waals surface area contributed by atoms with Crippen LogP contribution >= 0.6 is 0 Å². The molecule has 0 bridgehead atoms. The maximum Gasteiger partial charge on any atom is 0.290 e. The summed E-state index contributed by atoms with van der Waals surface area (Å²) in [5, 5.41) is 0.474. The van der Waals surface area contributed by atoms with Gasteiger partial charge in [-0.05, 0) is 70.2 Å². The lowest BCUT2D eigenvalue weighted by atomic mass is 9.98. The summed E-state index contributed by atoms with van der Waals surface area (Å²) in [7, 11) is 4.00. The summed E-state index contributed by atoms with van der Waals surface area (Å²) in [5.41, 5.74) is 1.44. The number of benzene rings is 2. The minimum atomic E-state index is -0.551. The first kappa shape index (κ1) is 23.8. The van der Waals surface area contributed by atoms with E-state index in [4.69, 9.17) is 13.9 Å². The van der Waals surface area contributed by atoms with Gasteiger partial charge in [-0.3, -0.25) is 9.59 Å². The summed E-state index contributed by atoms with van der Waals surface area (Å²) in [4.78, 5) is 30.9. The van der Waals surface area contributed by atoms with Gasteiger partial charge in [-0.1, -0.05) is 25.1 Å². The van der Waals surface area contributed by atoms with E-state index in [1.54, 1.807) is 29.2 Å². The molecule has 1 aliphatic heterocycles. The normalized spacial score (nSPS) is 15.3. The van der Waals surface area contributed by atoms with Crippen molar-refractivity contribution in [3.63, 3.8) is 0 Å². The number of carbonyl (C=O) groups is 1. The molecule has 4 rings (SSSR count). The van der Waals surface area contributed by atoms with Crippen LogP contribution in [0.15, 0.2) is 51.7 Å². The molecule has 0 N–H and O–H groups in total. The van der Waals surface area contributed by atoms with Gasteiger partial charge in [0.05, 0.1) is 30.2 Å². The van der Waals surface area contributed by atoms with Crippen LogP contribution in [0.3, 0.4) is 0 Å². The molecular formula is C27H32N2O5. The van der Waals surface area contributed by atoms with Gasteiger partial charge in [0.15, 0.2) is 16.9 Å². The SMILES string of the molecule is CCCOc1ccc([C@H]2c3c(oc4ccccc4c3=O)C(=O)N2CCCN(C)C)cc1OCC. The van der Waals surface area contributed by atoms with E-state index in [1.165, 1.54) is 0 Å². The molecule has 180 valence electrons. The van der Waals surface area contributed by atoms with E-state index in [0.29, 0.717) is 47.8 Å². The van der Waals surface area contributed by atoms with Crippen LogP contribution < -0.4 is 14.9 Å². The third kappa shape index (κ3) is 4.53. The fourth-order valence-electron chi connectivity index (χ4n) is 4.40. The van der Waals surface area contributed by atoms with E-state index in [2.05, 4.69) is 4.90 Å². The van der Waals surface area contributed by atoms with Crippen molar-refractivity contribution in [2.75, 3.05) is 40.4 Å². The van der Waals surface area contributed by atoms with Gasteiger partial charge in [0, 0.05) is 6.54 Å². The van der Waals surface area contributed by atoms with E-state index in [0.717, 1.165) is 24.9 Å². The largest absolute Gasteiger partial charge is 0.490 e. The maximum absolute atomic E-state index is 13.6. The predicted octanol–water partition coefficient (Wildman–Crippen LogP) is 4.48. The molecule has 1 aromatic heterocycles. The van der Waals surface area contributed by atoms with E-state index in [-0.39, 0.29) is 17.1 Å². The summed E-state index contributed by atoms with van der Waals surface area (Å²) < 4.78 is 17.7. The number of para-hydroxylation sites is 1. The summed E-state index contributed by atoms with van der Waals surface area (Å²) >= 11 is 0. The van der Waals surface area contributed by atoms with Gasteiger partial charge < -0.3 is 23.7 Å². The number of hydrogen-bond donors (Lipinski definition) is 0. The first-order valence-corrected chi connectivity index (χ1v) is 11.9. The predicted molar refractivity (Wildman–Crippen MR) is 132 cm³/mol. The molecule has 0 unspecified atom stereocenters. The van der Waals surface area contributed by atoms with Gasteiger partial charge in [0.2, 0.25) is 5.76 Å². The second-order valence-electron chi connectivity index (χ2n) is 8.72.